The van der Waals surface area contributed by atoms with Gasteiger partial charge in [0.1, 0.15) is 18.1 Å². The lowest BCUT2D eigenvalue weighted by molar-refractivity contribution is -0.155. The van der Waals surface area contributed by atoms with E-state index in [1.165, 1.54) is 6.92 Å². The zero-order valence-corrected chi connectivity index (χ0v) is 13.3. The topological polar surface area (TPSA) is 87.8 Å². The second-order valence-electron chi connectivity index (χ2n) is 5.07. The fraction of sp³-hybridized carbons (Fsp3) is 0.222. The summed E-state index contributed by atoms with van der Waals surface area (Å²) in [7, 11) is 0. The Morgan fingerprint density at radius 2 is 1.54 bits per heavy atom. The van der Waals surface area contributed by atoms with Gasteiger partial charge in [-0.15, -0.1) is 0 Å². The van der Waals surface area contributed by atoms with E-state index >= 15 is 0 Å². The van der Waals surface area contributed by atoms with Crippen LogP contribution in [0.2, 0.25) is 0 Å². The van der Waals surface area contributed by atoms with Crippen molar-refractivity contribution < 1.29 is 23.8 Å². The molecule has 0 spiro atoms. The Morgan fingerprint density at radius 1 is 0.958 bits per heavy atom. The third-order valence-corrected chi connectivity index (χ3v) is 3.14. The molecule has 0 fully saturated rings. The molecular weight excluding hydrogens is 310 g/mol. The van der Waals surface area contributed by atoms with Crippen LogP contribution in [-0.2, 0) is 20.9 Å². The number of primary amides is 1. The van der Waals surface area contributed by atoms with E-state index in [1.807, 2.05) is 30.3 Å². The third-order valence-electron chi connectivity index (χ3n) is 3.14. The highest BCUT2D eigenvalue weighted by Gasteiger charge is 2.14. The quantitative estimate of drug-likeness (QED) is 0.749. The number of ether oxygens (including phenoxy) is 3. The van der Waals surface area contributed by atoms with Gasteiger partial charge in [-0.05, 0) is 36.8 Å². The summed E-state index contributed by atoms with van der Waals surface area (Å²) in [6, 6.07) is 16.7. The van der Waals surface area contributed by atoms with Crippen LogP contribution in [0, 0.1) is 0 Å². The number of esters is 1. The zero-order chi connectivity index (χ0) is 17.4. The van der Waals surface area contributed by atoms with Gasteiger partial charge in [-0.3, -0.25) is 4.79 Å². The van der Waals surface area contributed by atoms with E-state index in [4.69, 9.17) is 19.9 Å². The Morgan fingerprint density at radius 3 is 2.12 bits per heavy atom. The van der Waals surface area contributed by atoms with Crippen LogP contribution in [0.3, 0.4) is 0 Å². The number of carbonyl (C=O) groups is 2. The van der Waals surface area contributed by atoms with Gasteiger partial charge in [0, 0.05) is 0 Å². The summed E-state index contributed by atoms with van der Waals surface area (Å²) in [5.74, 6) is -0.184. The molecule has 2 rings (SSSR count). The summed E-state index contributed by atoms with van der Waals surface area (Å²) in [4.78, 5) is 22.3. The van der Waals surface area contributed by atoms with Crippen molar-refractivity contribution in [3.63, 3.8) is 0 Å². The van der Waals surface area contributed by atoms with Gasteiger partial charge >= 0.3 is 5.97 Å². The molecule has 0 bridgehead atoms. The number of hydrogen-bond donors (Lipinski definition) is 1. The highest BCUT2D eigenvalue weighted by molar-refractivity contribution is 5.82. The molecule has 2 N–H and O–H groups in total. The van der Waals surface area contributed by atoms with Crippen molar-refractivity contribution in [1.29, 1.82) is 0 Å². The van der Waals surface area contributed by atoms with Crippen molar-refractivity contribution in [2.75, 3.05) is 6.61 Å². The highest BCUT2D eigenvalue weighted by atomic mass is 16.6. The zero-order valence-electron chi connectivity index (χ0n) is 13.3. The maximum absolute atomic E-state index is 11.5. The largest absolute Gasteiger partial charge is 0.489 e. The van der Waals surface area contributed by atoms with E-state index in [0.717, 1.165) is 5.56 Å². The van der Waals surface area contributed by atoms with Gasteiger partial charge in [0.15, 0.2) is 12.7 Å². The molecular formula is C18H19NO5. The fourth-order valence-electron chi connectivity index (χ4n) is 1.80. The van der Waals surface area contributed by atoms with Crippen molar-refractivity contribution in [1.82, 2.24) is 0 Å². The van der Waals surface area contributed by atoms with Crippen LogP contribution in [0.1, 0.15) is 12.5 Å². The van der Waals surface area contributed by atoms with Crippen molar-refractivity contribution in [3.8, 4) is 11.5 Å². The van der Waals surface area contributed by atoms with E-state index in [2.05, 4.69) is 0 Å². The average molecular weight is 329 g/mol. The predicted octanol–water partition coefficient (Wildman–Crippen LogP) is 2.06. The minimum atomic E-state index is -0.977. The summed E-state index contributed by atoms with van der Waals surface area (Å²) in [5.41, 5.74) is 6.08. The second kappa shape index (κ2) is 8.57. The Kier molecular flexibility index (Phi) is 6.19. The SMILES string of the molecule is C[C@H](OC(=O)COc1ccc(OCc2ccccc2)cc1)C(N)=O. The molecule has 6 nitrogen and oxygen atoms in total. The van der Waals surface area contributed by atoms with Gasteiger partial charge in [-0.25, -0.2) is 4.79 Å². The lowest BCUT2D eigenvalue weighted by Gasteiger charge is -2.11. The first-order chi connectivity index (χ1) is 11.5. The van der Waals surface area contributed by atoms with Crippen molar-refractivity contribution in [3.05, 3.63) is 60.2 Å². The van der Waals surface area contributed by atoms with Crippen molar-refractivity contribution in [2.24, 2.45) is 5.73 Å². The molecule has 6 heteroatoms. The molecule has 0 saturated heterocycles. The fourth-order valence-corrected chi connectivity index (χ4v) is 1.80. The van der Waals surface area contributed by atoms with Gasteiger partial charge in [-0.1, -0.05) is 30.3 Å². The summed E-state index contributed by atoms with van der Waals surface area (Å²) in [5, 5.41) is 0. The summed E-state index contributed by atoms with van der Waals surface area (Å²) in [6.07, 6.45) is -0.977. The van der Waals surface area contributed by atoms with E-state index in [0.29, 0.717) is 18.1 Å². The molecule has 0 unspecified atom stereocenters. The lowest BCUT2D eigenvalue weighted by atomic mass is 10.2. The molecule has 0 aromatic heterocycles. The van der Waals surface area contributed by atoms with Gasteiger partial charge < -0.3 is 19.9 Å². The van der Waals surface area contributed by atoms with E-state index < -0.39 is 18.0 Å². The molecule has 0 heterocycles. The first-order valence-corrected chi connectivity index (χ1v) is 7.43. The van der Waals surface area contributed by atoms with E-state index in [1.54, 1.807) is 24.3 Å². The molecule has 1 amide bonds. The molecule has 126 valence electrons. The normalized spacial score (nSPS) is 11.4. The summed E-state index contributed by atoms with van der Waals surface area (Å²) >= 11 is 0. The predicted molar refractivity (Wildman–Crippen MR) is 87.5 cm³/mol. The first-order valence-electron chi connectivity index (χ1n) is 7.43. The molecule has 1 atom stereocenters. The molecule has 0 saturated carbocycles. The van der Waals surface area contributed by atoms with E-state index in [-0.39, 0.29) is 6.61 Å². The minimum Gasteiger partial charge on any atom is -0.489 e. The maximum Gasteiger partial charge on any atom is 0.344 e. The average Bonchev–Trinajstić information content (AvgIpc) is 2.60. The first kappa shape index (κ1) is 17.3. The maximum atomic E-state index is 11.5. The van der Waals surface area contributed by atoms with Gasteiger partial charge in [-0.2, -0.15) is 0 Å². The van der Waals surface area contributed by atoms with Crippen LogP contribution in [0.4, 0.5) is 0 Å². The molecule has 2 aromatic rings. The molecule has 0 radical (unpaired) electrons. The Bertz CT molecular complexity index is 670. The summed E-state index contributed by atoms with van der Waals surface area (Å²) in [6.45, 7) is 1.57. The molecule has 0 aliphatic carbocycles. The number of rotatable bonds is 8. The van der Waals surface area contributed by atoms with Crippen LogP contribution < -0.4 is 15.2 Å². The van der Waals surface area contributed by atoms with Crippen molar-refractivity contribution >= 4 is 11.9 Å². The minimum absolute atomic E-state index is 0.304. The Labute approximate surface area is 140 Å². The number of hydrogen-bond acceptors (Lipinski definition) is 5. The van der Waals surface area contributed by atoms with Crippen molar-refractivity contribution in [2.45, 2.75) is 19.6 Å². The van der Waals surface area contributed by atoms with Crippen LogP contribution >= 0.6 is 0 Å². The van der Waals surface area contributed by atoms with E-state index in [9.17, 15) is 9.59 Å². The standard InChI is InChI=1S/C18H19NO5/c1-13(18(19)21)24-17(20)12-23-16-9-7-15(8-10-16)22-11-14-5-3-2-4-6-14/h2-10,13H,11-12H2,1H3,(H2,19,21)/t13-/m0/s1. The Hall–Kier alpha value is -3.02. The molecule has 24 heavy (non-hydrogen) atoms. The molecule has 0 aliphatic heterocycles. The Balaban J connectivity index is 1.77. The van der Waals surface area contributed by atoms with Crippen LogP contribution in [0.15, 0.2) is 54.6 Å². The van der Waals surface area contributed by atoms with Gasteiger partial charge in [0.05, 0.1) is 0 Å². The molecule has 2 aromatic carbocycles. The van der Waals surface area contributed by atoms with Crippen LogP contribution in [0.5, 0.6) is 11.5 Å². The van der Waals surface area contributed by atoms with Gasteiger partial charge in [0.2, 0.25) is 0 Å². The number of amides is 1. The monoisotopic (exact) mass is 329 g/mol. The lowest BCUT2D eigenvalue weighted by Crippen LogP contribution is -2.32. The number of benzene rings is 2. The molecule has 0 aliphatic rings. The number of carbonyl (C=O) groups excluding carboxylic acids is 2. The smallest absolute Gasteiger partial charge is 0.344 e. The van der Waals surface area contributed by atoms with Crippen LogP contribution in [0.25, 0.3) is 0 Å². The third kappa shape index (κ3) is 5.64. The highest BCUT2D eigenvalue weighted by Crippen LogP contribution is 2.18. The second-order valence-corrected chi connectivity index (χ2v) is 5.07. The summed E-state index contributed by atoms with van der Waals surface area (Å²) < 4.78 is 15.7. The van der Waals surface area contributed by atoms with Gasteiger partial charge in [0.25, 0.3) is 5.91 Å². The number of nitrogens with two attached hydrogens (primary N) is 1. The van der Waals surface area contributed by atoms with Crippen LogP contribution in [-0.4, -0.2) is 24.6 Å².